The maximum Gasteiger partial charge on any atom is 0.229 e. The SMILES string of the molecule is O=C(Cc1c[nH]c2ccccc12)NCCN1C(=O)CCC1=O. The first kappa shape index (κ1) is 14.3. The largest absolute Gasteiger partial charge is 0.361 e. The predicted molar refractivity (Wildman–Crippen MR) is 81.0 cm³/mol. The third kappa shape index (κ3) is 2.86. The summed E-state index contributed by atoms with van der Waals surface area (Å²) in [7, 11) is 0. The second kappa shape index (κ2) is 6.01. The number of amides is 3. The zero-order chi connectivity index (χ0) is 15.5. The maximum atomic E-state index is 12.0. The maximum absolute atomic E-state index is 12.0. The molecule has 6 nitrogen and oxygen atoms in total. The van der Waals surface area contributed by atoms with E-state index in [2.05, 4.69) is 10.3 Å². The molecule has 22 heavy (non-hydrogen) atoms. The van der Waals surface area contributed by atoms with E-state index >= 15 is 0 Å². The number of carbonyl (C=O) groups is 3. The summed E-state index contributed by atoms with van der Waals surface area (Å²) >= 11 is 0. The molecule has 1 aliphatic heterocycles. The average Bonchev–Trinajstić information content (AvgIpc) is 3.05. The van der Waals surface area contributed by atoms with Gasteiger partial charge in [-0.15, -0.1) is 0 Å². The summed E-state index contributed by atoms with van der Waals surface area (Å²) in [6, 6.07) is 7.80. The Hall–Kier alpha value is -2.63. The Morgan fingerprint density at radius 2 is 1.91 bits per heavy atom. The minimum atomic E-state index is -0.157. The predicted octanol–water partition coefficient (Wildman–Crippen LogP) is 0.976. The highest BCUT2D eigenvalue weighted by Crippen LogP contribution is 2.18. The van der Waals surface area contributed by atoms with Crippen molar-refractivity contribution < 1.29 is 14.4 Å². The summed E-state index contributed by atoms with van der Waals surface area (Å²) in [5, 5.41) is 3.78. The lowest BCUT2D eigenvalue weighted by Gasteiger charge is -2.13. The number of likely N-dealkylation sites (tertiary alicyclic amines) is 1. The molecule has 1 fully saturated rings. The molecule has 2 heterocycles. The number of carbonyl (C=O) groups excluding carboxylic acids is 3. The van der Waals surface area contributed by atoms with Gasteiger partial charge in [0.2, 0.25) is 17.7 Å². The molecule has 2 aromatic rings. The van der Waals surface area contributed by atoms with E-state index in [9.17, 15) is 14.4 Å². The molecule has 0 unspecified atom stereocenters. The van der Waals surface area contributed by atoms with Crippen LogP contribution in [0.2, 0.25) is 0 Å². The van der Waals surface area contributed by atoms with Gasteiger partial charge in [-0.05, 0) is 11.6 Å². The molecule has 0 radical (unpaired) electrons. The third-order valence-electron chi connectivity index (χ3n) is 3.84. The number of hydrogen-bond acceptors (Lipinski definition) is 3. The summed E-state index contributed by atoms with van der Waals surface area (Å²) < 4.78 is 0. The Labute approximate surface area is 127 Å². The average molecular weight is 299 g/mol. The van der Waals surface area contributed by atoms with Gasteiger partial charge in [0.25, 0.3) is 0 Å². The number of aromatic amines is 1. The lowest BCUT2D eigenvalue weighted by molar-refractivity contribution is -0.138. The number of aromatic nitrogens is 1. The van der Waals surface area contributed by atoms with Crippen molar-refractivity contribution in [1.29, 1.82) is 0 Å². The molecule has 0 atom stereocenters. The van der Waals surface area contributed by atoms with Gasteiger partial charge < -0.3 is 10.3 Å². The molecule has 3 rings (SSSR count). The third-order valence-corrected chi connectivity index (χ3v) is 3.84. The van der Waals surface area contributed by atoms with Crippen molar-refractivity contribution in [3.05, 3.63) is 36.0 Å². The fraction of sp³-hybridized carbons (Fsp3) is 0.312. The van der Waals surface area contributed by atoms with Gasteiger partial charge >= 0.3 is 0 Å². The van der Waals surface area contributed by atoms with Crippen LogP contribution < -0.4 is 5.32 Å². The van der Waals surface area contributed by atoms with Crippen molar-refractivity contribution in [1.82, 2.24) is 15.2 Å². The second-order valence-electron chi connectivity index (χ2n) is 5.33. The van der Waals surface area contributed by atoms with Crippen molar-refractivity contribution in [2.24, 2.45) is 0 Å². The zero-order valence-electron chi connectivity index (χ0n) is 12.1. The Balaban J connectivity index is 1.52. The van der Waals surface area contributed by atoms with Gasteiger partial charge in [0.1, 0.15) is 0 Å². The lowest BCUT2D eigenvalue weighted by Crippen LogP contribution is -2.38. The number of nitrogens with zero attached hydrogens (tertiary/aromatic N) is 1. The molecule has 1 aliphatic rings. The Morgan fingerprint density at radius 1 is 1.18 bits per heavy atom. The van der Waals surface area contributed by atoms with E-state index in [1.165, 1.54) is 4.90 Å². The quantitative estimate of drug-likeness (QED) is 0.807. The zero-order valence-corrected chi connectivity index (χ0v) is 12.1. The smallest absolute Gasteiger partial charge is 0.229 e. The number of fused-ring (bicyclic) bond motifs is 1. The highest BCUT2D eigenvalue weighted by molar-refractivity contribution is 6.02. The van der Waals surface area contributed by atoms with E-state index < -0.39 is 0 Å². The van der Waals surface area contributed by atoms with E-state index in [0.29, 0.717) is 6.54 Å². The van der Waals surface area contributed by atoms with Crippen LogP contribution >= 0.6 is 0 Å². The van der Waals surface area contributed by atoms with Gasteiger partial charge in [0.05, 0.1) is 6.42 Å². The topological polar surface area (TPSA) is 82.3 Å². The van der Waals surface area contributed by atoms with Crippen LogP contribution in [0.5, 0.6) is 0 Å². The van der Waals surface area contributed by atoms with Gasteiger partial charge in [-0.25, -0.2) is 0 Å². The molecule has 0 saturated carbocycles. The highest BCUT2D eigenvalue weighted by Gasteiger charge is 2.28. The Bertz CT molecular complexity index is 719. The van der Waals surface area contributed by atoms with Gasteiger partial charge in [-0.1, -0.05) is 18.2 Å². The van der Waals surface area contributed by atoms with E-state index in [4.69, 9.17) is 0 Å². The summed E-state index contributed by atoms with van der Waals surface area (Å²) in [5.41, 5.74) is 1.93. The molecule has 0 bridgehead atoms. The molecule has 114 valence electrons. The summed E-state index contributed by atoms with van der Waals surface area (Å²) in [4.78, 5) is 39.2. The van der Waals surface area contributed by atoms with Crippen LogP contribution in [0.15, 0.2) is 30.5 Å². The molecule has 1 saturated heterocycles. The fourth-order valence-corrected chi connectivity index (χ4v) is 2.69. The number of rotatable bonds is 5. The molecule has 0 aliphatic carbocycles. The van der Waals surface area contributed by atoms with Crippen LogP contribution in [0.1, 0.15) is 18.4 Å². The monoisotopic (exact) mass is 299 g/mol. The first-order valence-corrected chi connectivity index (χ1v) is 7.30. The molecule has 2 N–H and O–H groups in total. The Kier molecular flexibility index (Phi) is 3.91. The van der Waals surface area contributed by atoms with Crippen LogP contribution in [0, 0.1) is 0 Å². The van der Waals surface area contributed by atoms with Crippen molar-refractivity contribution >= 4 is 28.6 Å². The van der Waals surface area contributed by atoms with Crippen molar-refractivity contribution in [3.8, 4) is 0 Å². The highest BCUT2D eigenvalue weighted by atomic mass is 16.2. The minimum absolute atomic E-state index is 0.121. The Morgan fingerprint density at radius 3 is 2.68 bits per heavy atom. The first-order chi connectivity index (χ1) is 10.6. The number of hydrogen-bond donors (Lipinski definition) is 2. The summed E-state index contributed by atoms with van der Waals surface area (Å²) in [6.45, 7) is 0.538. The van der Waals surface area contributed by atoms with Crippen LogP contribution in [0.3, 0.4) is 0 Å². The number of imide groups is 1. The van der Waals surface area contributed by atoms with E-state index in [0.717, 1.165) is 16.5 Å². The molecule has 1 aromatic carbocycles. The van der Waals surface area contributed by atoms with Crippen LogP contribution in [0.25, 0.3) is 10.9 Å². The van der Waals surface area contributed by atoms with Gasteiger partial charge in [0.15, 0.2) is 0 Å². The second-order valence-corrected chi connectivity index (χ2v) is 5.33. The van der Waals surface area contributed by atoms with Gasteiger partial charge in [0, 0.05) is 43.0 Å². The van der Waals surface area contributed by atoms with E-state index in [1.54, 1.807) is 0 Å². The van der Waals surface area contributed by atoms with E-state index in [1.807, 2.05) is 30.5 Å². The number of nitrogens with one attached hydrogen (secondary N) is 2. The van der Waals surface area contributed by atoms with Gasteiger partial charge in [-0.2, -0.15) is 0 Å². The first-order valence-electron chi connectivity index (χ1n) is 7.30. The summed E-state index contributed by atoms with van der Waals surface area (Å²) in [6.07, 6.45) is 2.66. The summed E-state index contributed by atoms with van der Waals surface area (Å²) in [5.74, 6) is -0.435. The van der Waals surface area contributed by atoms with Gasteiger partial charge in [-0.3, -0.25) is 19.3 Å². The van der Waals surface area contributed by atoms with Crippen LogP contribution in [0.4, 0.5) is 0 Å². The van der Waals surface area contributed by atoms with Crippen LogP contribution in [-0.4, -0.2) is 40.7 Å². The standard InChI is InChI=1S/C16H17N3O3/c20-14(17-7-8-19-15(21)5-6-16(19)22)9-11-10-18-13-4-2-1-3-12(11)13/h1-4,10,18H,5-9H2,(H,17,20). The van der Waals surface area contributed by atoms with Crippen LogP contribution in [-0.2, 0) is 20.8 Å². The van der Waals surface area contributed by atoms with Crippen molar-refractivity contribution in [3.63, 3.8) is 0 Å². The van der Waals surface area contributed by atoms with Crippen molar-refractivity contribution in [2.45, 2.75) is 19.3 Å². The molecular formula is C16H17N3O3. The number of benzene rings is 1. The lowest BCUT2D eigenvalue weighted by atomic mass is 10.1. The number of H-pyrrole nitrogens is 1. The fourth-order valence-electron chi connectivity index (χ4n) is 2.69. The molecule has 6 heteroatoms. The normalized spacial score (nSPS) is 14.8. The molecule has 0 spiro atoms. The number of para-hydroxylation sites is 1. The molecular weight excluding hydrogens is 282 g/mol. The minimum Gasteiger partial charge on any atom is -0.361 e. The van der Waals surface area contributed by atoms with Crippen molar-refractivity contribution in [2.75, 3.05) is 13.1 Å². The van der Waals surface area contributed by atoms with E-state index in [-0.39, 0.29) is 43.5 Å². The molecule has 1 aromatic heterocycles. The molecule has 3 amide bonds.